The molecule has 0 unspecified atom stereocenters. The lowest BCUT2D eigenvalue weighted by Gasteiger charge is -2.04. The quantitative estimate of drug-likeness (QED) is 0.696. The maximum absolute atomic E-state index is 12.1. The Balaban J connectivity index is 2.14. The zero-order valence-electron chi connectivity index (χ0n) is 13.1. The molecule has 1 N–H and O–H groups in total. The van der Waals surface area contributed by atoms with Crippen LogP contribution < -0.4 is 5.32 Å². The third kappa shape index (κ3) is 3.44. The minimum absolute atomic E-state index is 0.115. The number of hydrogen-bond acceptors (Lipinski definition) is 2. The molecular formula is C18H19N3O. The molecule has 0 radical (unpaired) electrons. The van der Waals surface area contributed by atoms with Crippen LogP contribution >= 0.6 is 0 Å². The number of carbonyl (C=O) groups excluding carboxylic acids is 1. The molecule has 0 aliphatic rings. The van der Waals surface area contributed by atoms with Crippen molar-refractivity contribution in [1.29, 1.82) is 5.26 Å². The van der Waals surface area contributed by atoms with E-state index in [0.717, 1.165) is 22.5 Å². The summed E-state index contributed by atoms with van der Waals surface area (Å²) in [4.78, 5) is 12.1. The highest BCUT2D eigenvalue weighted by atomic mass is 16.1. The van der Waals surface area contributed by atoms with E-state index in [9.17, 15) is 10.1 Å². The van der Waals surface area contributed by atoms with E-state index >= 15 is 0 Å². The molecule has 4 nitrogen and oxygen atoms in total. The van der Waals surface area contributed by atoms with Crippen LogP contribution in [0.2, 0.25) is 0 Å². The number of benzene rings is 1. The summed E-state index contributed by atoms with van der Waals surface area (Å²) in [7, 11) is 1.96. The molecule has 2 rings (SSSR count). The first-order valence-electron chi connectivity index (χ1n) is 7.09. The Bertz CT molecular complexity index is 749. The van der Waals surface area contributed by atoms with Crippen molar-refractivity contribution >= 4 is 12.0 Å². The van der Waals surface area contributed by atoms with Crippen LogP contribution in [-0.4, -0.2) is 10.5 Å². The van der Waals surface area contributed by atoms with E-state index in [2.05, 4.69) is 5.32 Å². The number of nitrogens with zero attached hydrogens (tertiary/aromatic N) is 2. The van der Waals surface area contributed by atoms with Gasteiger partial charge in [0, 0.05) is 25.0 Å². The third-order valence-corrected chi connectivity index (χ3v) is 3.78. The van der Waals surface area contributed by atoms with Crippen LogP contribution in [0.25, 0.3) is 6.08 Å². The van der Waals surface area contributed by atoms with Crippen LogP contribution in [0, 0.1) is 25.2 Å². The fraction of sp³-hybridized carbons (Fsp3) is 0.222. The Morgan fingerprint density at radius 2 is 2.00 bits per heavy atom. The van der Waals surface area contributed by atoms with Gasteiger partial charge in [-0.05, 0) is 37.1 Å². The molecule has 0 spiro atoms. The van der Waals surface area contributed by atoms with Gasteiger partial charge in [-0.25, -0.2) is 0 Å². The van der Waals surface area contributed by atoms with Crippen LogP contribution in [0.5, 0.6) is 0 Å². The van der Waals surface area contributed by atoms with Crippen molar-refractivity contribution in [3.05, 3.63) is 64.5 Å². The second-order valence-corrected chi connectivity index (χ2v) is 5.22. The zero-order valence-corrected chi connectivity index (χ0v) is 13.1. The summed E-state index contributed by atoms with van der Waals surface area (Å²) in [6.45, 7) is 4.37. The highest BCUT2D eigenvalue weighted by molar-refractivity contribution is 6.01. The zero-order chi connectivity index (χ0) is 16.1. The smallest absolute Gasteiger partial charge is 0.262 e. The predicted molar refractivity (Wildman–Crippen MR) is 86.8 cm³/mol. The van der Waals surface area contributed by atoms with Gasteiger partial charge >= 0.3 is 0 Å². The largest absolute Gasteiger partial charge is 0.352 e. The van der Waals surface area contributed by atoms with Crippen LogP contribution in [0.4, 0.5) is 0 Å². The maximum atomic E-state index is 12.1. The van der Waals surface area contributed by atoms with Crippen LogP contribution in [-0.2, 0) is 18.4 Å². The number of amides is 1. The van der Waals surface area contributed by atoms with Gasteiger partial charge in [0.1, 0.15) is 11.6 Å². The van der Waals surface area contributed by atoms with E-state index in [-0.39, 0.29) is 11.5 Å². The van der Waals surface area contributed by atoms with Gasteiger partial charge in [-0.1, -0.05) is 30.3 Å². The lowest BCUT2D eigenvalue weighted by molar-refractivity contribution is -0.117. The highest BCUT2D eigenvalue weighted by Gasteiger charge is 2.11. The van der Waals surface area contributed by atoms with Crippen molar-refractivity contribution in [3.8, 4) is 6.07 Å². The normalized spacial score (nSPS) is 11.1. The summed E-state index contributed by atoms with van der Waals surface area (Å²) < 4.78 is 2.03. The molecule has 0 aliphatic carbocycles. The minimum atomic E-state index is -0.354. The summed E-state index contributed by atoms with van der Waals surface area (Å²) in [5.41, 5.74) is 4.13. The van der Waals surface area contributed by atoms with E-state index in [1.807, 2.05) is 67.9 Å². The Morgan fingerprint density at radius 1 is 1.32 bits per heavy atom. The highest BCUT2D eigenvalue weighted by Crippen LogP contribution is 2.16. The van der Waals surface area contributed by atoms with Gasteiger partial charge in [-0.2, -0.15) is 5.26 Å². The van der Waals surface area contributed by atoms with Crippen molar-refractivity contribution in [3.63, 3.8) is 0 Å². The molecule has 0 bridgehead atoms. The number of aromatic nitrogens is 1. The molecule has 0 fully saturated rings. The van der Waals surface area contributed by atoms with E-state index in [4.69, 9.17) is 0 Å². The molecule has 112 valence electrons. The molecule has 2 aromatic rings. The molecule has 0 saturated carbocycles. The molecule has 0 aliphatic heterocycles. The van der Waals surface area contributed by atoms with Crippen LogP contribution in [0.3, 0.4) is 0 Å². The number of nitrogens with one attached hydrogen (secondary N) is 1. The van der Waals surface area contributed by atoms with Gasteiger partial charge in [0.05, 0.1) is 0 Å². The number of rotatable bonds is 4. The number of hydrogen-bond donors (Lipinski definition) is 1. The van der Waals surface area contributed by atoms with E-state index in [1.165, 1.54) is 0 Å². The predicted octanol–water partition coefficient (Wildman–Crippen LogP) is 2.87. The monoisotopic (exact) mass is 293 g/mol. The summed E-state index contributed by atoms with van der Waals surface area (Å²) in [6, 6.07) is 13.6. The number of aryl methyl sites for hydroxylation is 1. The van der Waals surface area contributed by atoms with E-state index in [0.29, 0.717) is 6.54 Å². The second kappa shape index (κ2) is 6.77. The van der Waals surface area contributed by atoms with Crippen molar-refractivity contribution in [2.75, 3.05) is 0 Å². The lowest BCUT2D eigenvalue weighted by atomic mass is 10.1. The SMILES string of the molecule is Cc1cc(/C=C(/C#N)C(=O)NCc2ccccc2)c(C)n1C. The average molecular weight is 293 g/mol. The molecule has 1 heterocycles. The van der Waals surface area contributed by atoms with Crippen molar-refractivity contribution in [2.45, 2.75) is 20.4 Å². The lowest BCUT2D eigenvalue weighted by Crippen LogP contribution is -2.23. The van der Waals surface area contributed by atoms with Crippen molar-refractivity contribution in [1.82, 2.24) is 9.88 Å². The molecule has 0 saturated heterocycles. The molecule has 1 amide bonds. The van der Waals surface area contributed by atoms with Gasteiger partial charge in [-0.15, -0.1) is 0 Å². The number of carbonyl (C=O) groups is 1. The summed E-state index contributed by atoms with van der Waals surface area (Å²) in [6.07, 6.45) is 1.64. The molecule has 1 aromatic heterocycles. The molecular weight excluding hydrogens is 274 g/mol. The second-order valence-electron chi connectivity index (χ2n) is 5.22. The standard InChI is InChI=1S/C18H19N3O/c1-13-9-16(14(2)21(13)3)10-17(11-19)18(22)20-12-15-7-5-4-6-8-15/h4-10H,12H2,1-3H3,(H,20,22)/b17-10-. The molecule has 4 heteroatoms. The summed E-state index contributed by atoms with van der Waals surface area (Å²) in [5, 5.41) is 12.0. The van der Waals surface area contributed by atoms with E-state index in [1.54, 1.807) is 6.08 Å². The molecule has 1 aromatic carbocycles. The average Bonchev–Trinajstić information content (AvgIpc) is 2.78. The van der Waals surface area contributed by atoms with Gasteiger partial charge in [-0.3, -0.25) is 4.79 Å². The Kier molecular flexibility index (Phi) is 4.80. The van der Waals surface area contributed by atoms with Crippen LogP contribution in [0.15, 0.2) is 42.0 Å². The first-order valence-corrected chi connectivity index (χ1v) is 7.09. The number of nitriles is 1. The Hall–Kier alpha value is -2.80. The van der Waals surface area contributed by atoms with Crippen molar-refractivity contribution < 1.29 is 4.79 Å². The fourth-order valence-electron chi connectivity index (χ4n) is 2.21. The summed E-state index contributed by atoms with van der Waals surface area (Å²) in [5.74, 6) is -0.354. The summed E-state index contributed by atoms with van der Waals surface area (Å²) >= 11 is 0. The molecule has 22 heavy (non-hydrogen) atoms. The first-order chi connectivity index (χ1) is 10.5. The Labute approximate surface area is 130 Å². The Morgan fingerprint density at radius 3 is 2.55 bits per heavy atom. The van der Waals surface area contributed by atoms with Gasteiger partial charge < -0.3 is 9.88 Å². The third-order valence-electron chi connectivity index (χ3n) is 3.78. The fourth-order valence-corrected chi connectivity index (χ4v) is 2.21. The van der Waals surface area contributed by atoms with Gasteiger partial charge in [0.15, 0.2) is 0 Å². The first kappa shape index (κ1) is 15.6. The molecule has 0 atom stereocenters. The van der Waals surface area contributed by atoms with Crippen LogP contribution in [0.1, 0.15) is 22.5 Å². The minimum Gasteiger partial charge on any atom is -0.352 e. The maximum Gasteiger partial charge on any atom is 0.262 e. The van der Waals surface area contributed by atoms with Gasteiger partial charge in [0.2, 0.25) is 0 Å². The van der Waals surface area contributed by atoms with E-state index < -0.39 is 0 Å². The topological polar surface area (TPSA) is 57.8 Å². The van der Waals surface area contributed by atoms with Gasteiger partial charge in [0.25, 0.3) is 5.91 Å². The van der Waals surface area contributed by atoms with Crippen molar-refractivity contribution in [2.24, 2.45) is 7.05 Å².